The molecule has 0 rings (SSSR count). The van der Waals surface area contributed by atoms with Gasteiger partial charge in [0.25, 0.3) is 0 Å². The molecular formula is C11H21NO7. The maximum atomic E-state index is 11.5. The lowest BCUT2D eigenvalue weighted by Gasteiger charge is -2.24. The van der Waals surface area contributed by atoms with Crippen LogP contribution in [-0.2, 0) is 14.3 Å². The zero-order valence-corrected chi connectivity index (χ0v) is 10.8. The summed E-state index contributed by atoms with van der Waals surface area (Å²) in [5.41, 5.74) is 2.00. The van der Waals surface area contributed by atoms with Crippen molar-refractivity contribution >= 4 is 12.3 Å². The van der Waals surface area contributed by atoms with Crippen molar-refractivity contribution in [2.24, 2.45) is 11.6 Å². The van der Waals surface area contributed by atoms with E-state index in [-0.39, 0.29) is 12.2 Å². The van der Waals surface area contributed by atoms with Crippen molar-refractivity contribution in [3.8, 4) is 0 Å². The van der Waals surface area contributed by atoms with Gasteiger partial charge in [-0.3, -0.25) is 4.79 Å². The van der Waals surface area contributed by atoms with E-state index in [1.54, 1.807) is 13.8 Å². The molecule has 0 fully saturated rings. The highest BCUT2D eigenvalue weighted by Gasteiger charge is 2.31. The quantitative estimate of drug-likeness (QED) is 0.224. The van der Waals surface area contributed by atoms with Crippen LogP contribution in [0.5, 0.6) is 0 Å². The molecule has 0 saturated heterocycles. The third-order valence-electron chi connectivity index (χ3n) is 2.55. The molecule has 0 amide bonds. The summed E-state index contributed by atoms with van der Waals surface area (Å²) in [5, 5.41) is 37.2. The molecule has 0 spiro atoms. The Hall–Kier alpha value is -1.06. The van der Waals surface area contributed by atoms with Gasteiger partial charge in [0.05, 0.1) is 0 Å². The summed E-state index contributed by atoms with van der Waals surface area (Å²) < 4.78 is 11.7. The Morgan fingerprint density at radius 1 is 1.32 bits per heavy atom. The van der Waals surface area contributed by atoms with Gasteiger partial charge in [-0.15, -0.1) is 0 Å². The van der Waals surface area contributed by atoms with E-state index in [1.165, 1.54) is 0 Å². The van der Waals surface area contributed by atoms with Crippen molar-refractivity contribution in [1.29, 1.82) is 0 Å². The molecule has 0 heterocycles. The fourth-order valence-electron chi connectivity index (χ4n) is 1.14. The highest BCUT2D eigenvalue weighted by Crippen LogP contribution is 2.06. The summed E-state index contributed by atoms with van der Waals surface area (Å²) in [4.78, 5) is 21.8. The van der Waals surface area contributed by atoms with Gasteiger partial charge in [-0.1, -0.05) is 13.8 Å². The number of aldehydes is 1. The summed E-state index contributed by atoms with van der Waals surface area (Å²) in [6.07, 6.45) is -7.28. The molecule has 0 aliphatic rings. The summed E-state index contributed by atoms with van der Waals surface area (Å²) in [5.74, 6) is -1.02. The molecule has 8 heteroatoms. The van der Waals surface area contributed by atoms with Crippen LogP contribution in [0.15, 0.2) is 0 Å². The van der Waals surface area contributed by atoms with Gasteiger partial charge >= 0.3 is 5.97 Å². The number of hydrogen-bond acceptors (Lipinski definition) is 8. The highest BCUT2D eigenvalue weighted by molar-refractivity contribution is 5.75. The standard InChI is InChI=1S/C11H21NO7/c1-5(2)8(12)11(18)19-4-7(15)10(17)9(16)6(14)3-13/h3,5-10,14-17H,4,12H2,1-2H3/t6-,7+,8-,9+,10+/m0/s1/i/hD. The van der Waals surface area contributed by atoms with Crippen LogP contribution in [0, 0.1) is 5.92 Å². The van der Waals surface area contributed by atoms with Crippen molar-refractivity contribution in [2.45, 2.75) is 44.3 Å². The first-order chi connectivity index (χ1) is 9.26. The number of aliphatic hydroxyl groups excluding tert-OH is 4. The van der Waals surface area contributed by atoms with Gasteiger partial charge in [0.2, 0.25) is 0 Å². The van der Waals surface area contributed by atoms with Crippen molar-refractivity contribution < 1.29 is 36.2 Å². The van der Waals surface area contributed by atoms with Crippen molar-refractivity contribution in [3.05, 3.63) is 0 Å². The second kappa shape index (κ2) is 8.18. The molecule has 0 bridgehead atoms. The Morgan fingerprint density at radius 2 is 1.89 bits per heavy atom. The van der Waals surface area contributed by atoms with Gasteiger partial charge in [0.15, 0.2) is 6.29 Å². The number of aliphatic hydroxyl groups is 4. The topological polar surface area (TPSA) is 150 Å². The van der Waals surface area contributed by atoms with E-state index in [9.17, 15) is 24.9 Å². The Bertz CT molecular complexity index is 315. The van der Waals surface area contributed by atoms with E-state index in [4.69, 9.17) is 11.3 Å². The summed E-state index contributed by atoms with van der Waals surface area (Å²) in [6, 6.07) is -0.898. The van der Waals surface area contributed by atoms with Gasteiger partial charge in [-0.05, 0) is 5.92 Å². The zero-order chi connectivity index (χ0) is 15.9. The Balaban J connectivity index is 4.37. The number of hydrogen-bond donors (Lipinski definition) is 5. The van der Waals surface area contributed by atoms with Gasteiger partial charge in [-0.2, -0.15) is 0 Å². The number of esters is 1. The van der Waals surface area contributed by atoms with Crippen molar-refractivity contribution in [2.75, 3.05) is 6.61 Å². The molecule has 0 aromatic rings. The highest BCUT2D eigenvalue weighted by atomic mass is 16.5. The lowest BCUT2D eigenvalue weighted by molar-refractivity contribution is -0.158. The van der Waals surface area contributed by atoms with E-state index in [0.717, 1.165) is 0 Å². The van der Waals surface area contributed by atoms with E-state index >= 15 is 0 Å². The van der Waals surface area contributed by atoms with Crippen LogP contribution in [0.1, 0.15) is 13.8 Å². The Kier molecular flexibility index (Phi) is 6.89. The zero-order valence-electron chi connectivity index (χ0n) is 11.8. The molecule has 5 atom stereocenters. The first kappa shape index (κ1) is 16.0. The molecule has 19 heavy (non-hydrogen) atoms. The predicted molar refractivity (Wildman–Crippen MR) is 63.9 cm³/mol. The predicted octanol–water partition coefficient (Wildman–Crippen LogP) is -2.84. The average Bonchev–Trinajstić information content (AvgIpc) is 2.42. The van der Waals surface area contributed by atoms with Gasteiger partial charge < -0.3 is 35.7 Å². The molecule has 0 aliphatic carbocycles. The van der Waals surface area contributed by atoms with Crippen molar-refractivity contribution in [3.63, 3.8) is 0 Å². The molecule has 0 aromatic carbocycles. The van der Waals surface area contributed by atoms with Gasteiger partial charge in [0, 0.05) is 0 Å². The Morgan fingerprint density at radius 3 is 2.32 bits per heavy atom. The third-order valence-corrected chi connectivity index (χ3v) is 2.55. The fourth-order valence-corrected chi connectivity index (χ4v) is 1.14. The van der Waals surface area contributed by atoms with Crippen LogP contribution < -0.4 is 5.73 Å². The molecule has 8 nitrogen and oxygen atoms in total. The molecule has 0 aliphatic heterocycles. The number of carbonyl (C=O) groups is 2. The first-order valence-corrected chi connectivity index (χ1v) is 5.77. The molecule has 0 unspecified atom stereocenters. The van der Waals surface area contributed by atoms with Crippen LogP contribution >= 0.6 is 0 Å². The minimum atomic E-state index is -1.89. The largest absolute Gasteiger partial charge is 0.462 e. The maximum Gasteiger partial charge on any atom is 0.323 e. The number of nitrogens with two attached hydrogens (primary N) is 1. The fraction of sp³-hybridized carbons (Fsp3) is 0.818. The van der Waals surface area contributed by atoms with E-state index in [0.29, 0.717) is 0 Å². The smallest absolute Gasteiger partial charge is 0.323 e. The second-order valence-corrected chi connectivity index (χ2v) is 4.53. The SMILES string of the molecule is [2H]N[C@H](C(=O)OC[C@@H](O)[C@@H](O)[C@H](O)[C@@H](O)C=O)C(C)C. The molecule has 0 saturated carbocycles. The van der Waals surface area contributed by atoms with Crippen LogP contribution in [0.3, 0.4) is 0 Å². The number of rotatable bonds is 9. The van der Waals surface area contributed by atoms with Gasteiger partial charge in [0.1, 0.15) is 38.5 Å². The summed E-state index contributed by atoms with van der Waals surface area (Å²) in [6.45, 7) is 2.72. The second-order valence-electron chi connectivity index (χ2n) is 4.53. The summed E-state index contributed by atoms with van der Waals surface area (Å²) in [7, 11) is 0. The third kappa shape index (κ3) is 5.62. The van der Waals surface area contributed by atoms with Gasteiger partial charge in [-0.25, -0.2) is 0 Å². The summed E-state index contributed by atoms with van der Waals surface area (Å²) >= 11 is 0. The molecule has 112 valence electrons. The van der Waals surface area contributed by atoms with Crippen LogP contribution in [0.2, 0.25) is 1.41 Å². The Labute approximate surface area is 112 Å². The number of carbonyl (C=O) groups excluding carboxylic acids is 2. The lowest BCUT2D eigenvalue weighted by Crippen LogP contribution is -2.47. The first-order valence-electron chi connectivity index (χ1n) is 6.27. The number of ether oxygens (including phenoxy) is 1. The van der Waals surface area contributed by atoms with E-state index in [1.807, 2.05) is 5.73 Å². The average molecular weight is 280 g/mol. The normalized spacial score (nSPS) is 20.1. The minimum Gasteiger partial charge on any atom is -0.462 e. The maximum absolute atomic E-state index is 11.5. The van der Waals surface area contributed by atoms with Crippen LogP contribution in [-0.4, -0.2) is 69.7 Å². The molecule has 0 radical (unpaired) electrons. The van der Waals surface area contributed by atoms with E-state index < -0.39 is 43.0 Å². The monoisotopic (exact) mass is 280 g/mol. The lowest BCUT2D eigenvalue weighted by atomic mass is 10.0. The minimum absolute atomic E-state index is 0.00538. The molecule has 0 aromatic heterocycles. The van der Waals surface area contributed by atoms with E-state index in [2.05, 4.69) is 0 Å². The van der Waals surface area contributed by atoms with Crippen LogP contribution in [0.4, 0.5) is 0 Å². The molecular weight excluding hydrogens is 258 g/mol. The molecule has 6 N–H and O–H groups in total. The van der Waals surface area contributed by atoms with Crippen LogP contribution in [0.25, 0.3) is 0 Å². The van der Waals surface area contributed by atoms with Crippen molar-refractivity contribution in [1.82, 2.24) is 0 Å².